The van der Waals surface area contributed by atoms with Crippen molar-refractivity contribution in [3.8, 4) is 23.0 Å². The molecule has 3 heterocycles. The third-order valence-corrected chi connectivity index (χ3v) is 16.5. The molecule has 10 rings (SSSR count). The number of aliphatic hydroxyl groups is 1. The van der Waals surface area contributed by atoms with E-state index in [9.17, 15) is 24.3 Å². The summed E-state index contributed by atoms with van der Waals surface area (Å²) in [5.74, 6) is 1.57. The Hall–Kier alpha value is -4.32. The van der Waals surface area contributed by atoms with Gasteiger partial charge in [0, 0.05) is 63.1 Å². The molecule has 3 unspecified atom stereocenters. The number of rotatable bonds is 12. The zero-order valence-corrected chi connectivity index (χ0v) is 34.2. The standard InChI is InChI=1S/C48H55NO10/c1-5-9-28-16-19-46-40-29-12-14-35(42(40)59-44(46)33(51)18-21-48(46,55-4)31(25-29)27(28)3)57-38(53)11-8-7-10-37(52)56-34-15-13-30-26-36-47(54)20-17-32(50)43-45(47,39(30)41(34)58-43)22-24-49(36)23-6-2/h5-6,12-15,27-28,31,36,43-44,54H,1-2,7-11,16-26H2,3-4H3/t27?,28?,31-,36+,43-,44-,45-,46?,47+,48+/m0/s1. The lowest BCUT2D eigenvalue weighted by atomic mass is 9.48. The number of esters is 2. The smallest absolute Gasteiger partial charge is 0.311 e. The second kappa shape index (κ2) is 13.9. The van der Waals surface area contributed by atoms with Crippen molar-refractivity contribution in [3.63, 3.8) is 0 Å². The summed E-state index contributed by atoms with van der Waals surface area (Å²) in [6.07, 6.45) is 9.42. The van der Waals surface area contributed by atoms with Crippen molar-refractivity contribution in [2.24, 2.45) is 17.8 Å². The van der Waals surface area contributed by atoms with Gasteiger partial charge in [0.25, 0.3) is 0 Å². The third kappa shape index (κ3) is 5.10. The maximum Gasteiger partial charge on any atom is 0.311 e. The summed E-state index contributed by atoms with van der Waals surface area (Å²) in [6, 6.07) is 7.36. The zero-order chi connectivity index (χ0) is 41.1. The summed E-state index contributed by atoms with van der Waals surface area (Å²) in [5.41, 5.74) is 0.692. The van der Waals surface area contributed by atoms with E-state index < -0.39 is 46.2 Å². The first-order valence-electron chi connectivity index (χ1n) is 21.8. The number of carbonyl (C=O) groups excluding carboxylic acids is 4. The van der Waals surface area contributed by atoms with Crippen molar-refractivity contribution in [1.82, 2.24) is 4.90 Å². The molecule has 11 heteroatoms. The first-order chi connectivity index (χ1) is 28.5. The fourth-order valence-electron chi connectivity index (χ4n) is 14.0. The van der Waals surface area contributed by atoms with Crippen LogP contribution in [0.4, 0.5) is 0 Å². The lowest BCUT2D eigenvalue weighted by Crippen LogP contribution is -2.76. The number of ether oxygens (including phenoxy) is 5. The fraction of sp³-hybridized carbons (Fsp3) is 0.583. The van der Waals surface area contributed by atoms with Gasteiger partial charge in [0.15, 0.2) is 46.8 Å². The molecular weight excluding hydrogens is 751 g/mol. The lowest BCUT2D eigenvalue weighted by Gasteiger charge is -2.62. The average Bonchev–Trinajstić information content (AvgIpc) is 3.76. The number of allylic oxidation sites excluding steroid dienone is 1. The lowest BCUT2D eigenvalue weighted by molar-refractivity contribution is -0.187. The van der Waals surface area contributed by atoms with Gasteiger partial charge < -0.3 is 28.8 Å². The highest BCUT2D eigenvalue weighted by Crippen LogP contribution is 2.69. The Kier molecular flexibility index (Phi) is 9.13. The Balaban J connectivity index is 0.821. The van der Waals surface area contributed by atoms with Gasteiger partial charge in [0.2, 0.25) is 0 Å². The van der Waals surface area contributed by atoms with Crippen molar-refractivity contribution >= 4 is 23.5 Å². The summed E-state index contributed by atoms with van der Waals surface area (Å²) >= 11 is 0. The van der Waals surface area contributed by atoms with Crippen LogP contribution < -0.4 is 18.9 Å². The average molecular weight is 806 g/mol. The molecule has 3 saturated carbocycles. The van der Waals surface area contributed by atoms with Gasteiger partial charge >= 0.3 is 11.9 Å². The Morgan fingerprint density at radius 1 is 0.847 bits per heavy atom. The Morgan fingerprint density at radius 2 is 1.46 bits per heavy atom. The second-order valence-electron chi connectivity index (χ2n) is 18.6. The molecule has 5 aliphatic carbocycles. The minimum absolute atomic E-state index is 0.0331. The van der Waals surface area contributed by atoms with Gasteiger partial charge in [0.1, 0.15) is 0 Å². The molecule has 59 heavy (non-hydrogen) atoms. The zero-order valence-electron chi connectivity index (χ0n) is 34.2. The van der Waals surface area contributed by atoms with Gasteiger partial charge in [-0.25, -0.2) is 0 Å². The van der Waals surface area contributed by atoms with Crippen molar-refractivity contribution in [3.05, 3.63) is 71.8 Å². The number of ketones is 2. The molecular formula is C48H55NO10. The minimum atomic E-state index is -1.15. The van der Waals surface area contributed by atoms with Crippen molar-refractivity contribution in [2.75, 3.05) is 20.2 Å². The van der Waals surface area contributed by atoms with Gasteiger partial charge in [-0.05, 0) is 105 Å². The molecule has 4 bridgehead atoms. The van der Waals surface area contributed by atoms with E-state index in [0.29, 0.717) is 87.1 Å². The van der Waals surface area contributed by atoms with Crippen LogP contribution in [-0.2, 0) is 47.6 Å². The van der Waals surface area contributed by atoms with E-state index in [4.69, 9.17) is 23.7 Å². The summed E-state index contributed by atoms with van der Waals surface area (Å²) < 4.78 is 31.6. The van der Waals surface area contributed by atoms with Crippen LogP contribution >= 0.6 is 0 Å². The molecule has 0 aromatic heterocycles. The predicted octanol–water partition coefficient (Wildman–Crippen LogP) is 6.21. The molecule has 4 fully saturated rings. The van der Waals surface area contributed by atoms with E-state index in [2.05, 4.69) is 25.0 Å². The van der Waals surface area contributed by atoms with Crippen LogP contribution in [0.5, 0.6) is 23.0 Å². The van der Waals surface area contributed by atoms with E-state index in [-0.39, 0.29) is 48.5 Å². The van der Waals surface area contributed by atoms with Crippen LogP contribution in [0.25, 0.3) is 0 Å². The van der Waals surface area contributed by atoms with Crippen LogP contribution in [-0.4, -0.2) is 83.2 Å². The Morgan fingerprint density at radius 3 is 2.08 bits per heavy atom. The molecule has 0 amide bonds. The number of methoxy groups -OCH3 is 1. The predicted molar refractivity (Wildman–Crippen MR) is 216 cm³/mol. The molecule has 1 saturated heterocycles. The SMILES string of the molecule is C=CCC1CCC23c4c5ccc(OC(=O)CCCCC(=O)Oc6ccc7c8c6O[C@H]6C(=O)CC[C@@]9(O)[C@@H](C7)N(CC=C)CC[C@]869)c4O[C@H]2C(=O)CC[C@@]3(OC)[C@@H](C5)C1C. The van der Waals surface area contributed by atoms with Crippen LogP contribution in [0, 0.1) is 17.8 Å². The molecule has 2 spiro atoms. The molecule has 1 N–H and O–H groups in total. The highest BCUT2D eigenvalue weighted by Gasteiger charge is 2.74. The van der Waals surface area contributed by atoms with Gasteiger partial charge in [-0.2, -0.15) is 0 Å². The molecule has 2 aromatic rings. The van der Waals surface area contributed by atoms with Crippen LogP contribution in [0.3, 0.4) is 0 Å². The Labute approximate surface area is 345 Å². The quantitative estimate of drug-likeness (QED) is 0.114. The van der Waals surface area contributed by atoms with E-state index in [0.717, 1.165) is 47.9 Å². The van der Waals surface area contributed by atoms with E-state index in [1.165, 1.54) is 0 Å². The maximum atomic E-state index is 13.7. The van der Waals surface area contributed by atoms with Gasteiger partial charge in [-0.3, -0.25) is 24.1 Å². The maximum absolute atomic E-state index is 13.7. The molecule has 10 atom stereocenters. The van der Waals surface area contributed by atoms with Crippen molar-refractivity contribution < 1.29 is 48.0 Å². The monoisotopic (exact) mass is 805 g/mol. The van der Waals surface area contributed by atoms with E-state index >= 15 is 0 Å². The minimum Gasteiger partial charge on any atom is -0.477 e. The number of likely N-dealkylation sites (tertiary alicyclic amines) is 1. The third-order valence-electron chi connectivity index (χ3n) is 16.5. The molecule has 8 aliphatic rings. The summed E-state index contributed by atoms with van der Waals surface area (Å²) in [6.45, 7) is 11.6. The molecule has 0 radical (unpaired) electrons. The molecule has 312 valence electrons. The normalized spacial score (nSPS) is 36.7. The van der Waals surface area contributed by atoms with Gasteiger partial charge in [-0.15, -0.1) is 13.2 Å². The van der Waals surface area contributed by atoms with Gasteiger partial charge in [0.05, 0.1) is 22.0 Å². The number of piperidine rings is 1. The molecule has 2 aromatic carbocycles. The first-order valence-corrected chi connectivity index (χ1v) is 21.8. The highest BCUT2D eigenvalue weighted by atomic mass is 16.6. The number of Topliss-reactive ketones (excluding diaryl/α,β-unsaturated/α-hetero) is 2. The first kappa shape index (κ1) is 38.9. The Bertz CT molecular complexity index is 2180. The summed E-state index contributed by atoms with van der Waals surface area (Å²) in [5, 5.41) is 12.4. The molecule has 11 nitrogen and oxygen atoms in total. The van der Waals surface area contributed by atoms with E-state index in [1.54, 1.807) is 19.2 Å². The molecule has 3 aliphatic heterocycles. The van der Waals surface area contributed by atoms with Crippen LogP contribution in [0.2, 0.25) is 0 Å². The fourth-order valence-corrected chi connectivity index (χ4v) is 14.0. The van der Waals surface area contributed by atoms with Crippen LogP contribution in [0.1, 0.15) is 106 Å². The number of hydrogen-bond acceptors (Lipinski definition) is 11. The number of hydrogen-bond donors (Lipinski definition) is 1. The number of carbonyl (C=O) groups is 4. The second-order valence-corrected chi connectivity index (χ2v) is 18.6. The van der Waals surface area contributed by atoms with E-state index in [1.807, 2.05) is 24.3 Å². The van der Waals surface area contributed by atoms with Crippen LogP contribution in [0.15, 0.2) is 49.6 Å². The largest absolute Gasteiger partial charge is 0.477 e. The number of unbranched alkanes of at least 4 members (excludes halogenated alkanes) is 1. The van der Waals surface area contributed by atoms with Crippen molar-refractivity contribution in [2.45, 2.75) is 137 Å². The summed E-state index contributed by atoms with van der Waals surface area (Å²) in [7, 11) is 1.79. The summed E-state index contributed by atoms with van der Waals surface area (Å²) in [4.78, 5) is 56.0. The van der Waals surface area contributed by atoms with Crippen molar-refractivity contribution in [1.29, 1.82) is 0 Å². The topological polar surface area (TPSA) is 138 Å². The van der Waals surface area contributed by atoms with Gasteiger partial charge in [-0.1, -0.05) is 31.2 Å². The number of benzene rings is 2. The highest BCUT2D eigenvalue weighted by molar-refractivity contribution is 5.91. The number of nitrogens with zero attached hydrogens (tertiary/aromatic N) is 1.